The molecule has 0 bridgehead atoms. The van der Waals surface area contributed by atoms with Crippen LogP contribution in [0.15, 0.2) is 81.1 Å². The zero-order valence-electron chi connectivity index (χ0n) is 15.5. The topological polar surface area (TPSA) is 88.7 Å². The molecule has 0 saturated carbocycles. The number of aryl methyl sites for hydroxylation is 1. The Hall–Kier alpha value is -3.19. The number of nitrogens with one attached hydrogen (secondary N) is 1. The van der Waals surface area contributed by atoms with Crippen LogP contribution >= 0.6 is 0 Å². The molecular formula is C21H20N2O4S. The van der Waals surface area contributed by atoms with Crippen molar-refractivity contribution in [1.29, 1.82) is 0 Å². The smallest absolute Gasteiger partial charge is 0.307 e. The Morgan fingerprint density at radius 2 is 1.68 bits per heavy atom. The zero-order chi connectivity index (χ0) is 20.1. The van der Waals surface area contributed by atoms with Crippen LogP contribution in [0.1, 0.15) is 34.4 Å². The fraction of sp³-hybridized carbons (Fsp3) is 0.143. The fourth-order valence-corrected chi connectivity index (χ4v) is 3.97. The number of amides is 1. The number of benzene rings is 2. The molecule has 3 aromatic rings. The number of hydrazone groups is 1. The molecule has 1 amide bonds. The summed E-state index contributed by atoms with van der Waals surface area (Å²) in [5, 5.41) is 4.10. The standard InChI is InChI=1S/C21H20N2O4S/c1-15-8-6-7-11-19(15)16(2)22-23-21(24)20-13-12-17(27-20)14-28(25,26)18-9-4-3-5-10-18/h3-13H,14H2,1-2H3,(H,23,24)/b22-16-. The summed E-state index contributed by atoms with van der Waals surface area (Å²) in [7, 11) is -3.55. The van der Waals surface area contributed by atoms with Crippen molar-refractivity contribution in [2.45, 2.75) is 24.5 Å². The van der Waals surface area contributed by atoms with Gasteiger partial charge in [0.05, 0.1) is 10.6 Å². The van der Waals surface area contributed by atoms with Crippen LogP contribution in [0.5, 0.6) is 0 Å². The molecular weight excluding hydrogens is 376 g/mol. The average Bonchev–Trinajstić information content (AvgIpc) is 3.15. The Bertz CT molecular complexity index is 1120. The lowest BCUT2D eigenvalue weighted by Gasteiger charge is -2.05. The van der Waals surface area contributed by atoms with Crippen LogP contribution in [-0.4, -0.2) is 20.0 Å². The first-order valence-electron chi connectivity index (χ1n) is 8.64. The van der Waals surface area contributed by atoms with E-state index in [0.29, 0.717) is 5.71 Å². The van der Waals surface area contributed by atoms with Gasteiger partial charge in [-0.2, -0.15) is 5.10 Å². The van der Waals surface area contributed by atoms with Crippen LogP contribution in [0.4, 0.5) is 0 Å². The molecule has 0 atom stereocenters. The number of rotatable bonds is 6. The molecule has 0 saturated heterocycles. The Labute approximate surface area is 163 Å². The Kier molecular flexibility index (Phi) is 5.75. The van der Waals surface area contributed by atoms with Gasteiger partial charge >= 0.3 is 5.91 Å². The molecule has 1 heterocycles. The number of hydrogen-bond donors (Lipinski definition) is 1. The summed E-state index contributed by atoms with van der Waals surface area (Å²) >= 11 is 0. The zero-order valence-corrected chi connectivity index (χ0v) is 16.4. The first-order valence-corrected chi connectivity index (χ1v) is 10.3. The molecule has 1 N–H and O–H groups in total. The molecule has 0 aliphatic heterocycles. The van der Waals surface area contributed by atoms with Crippen molar-refractivity contribution < 1.29 is 17.6 Å². The molecule has 6 nitrogen and oxygen atoms in total. The van der Waals surface area contributed by atoms with Crippen LogP contribution in [0.25, 0.3) is 0 Å². The first-order chi connectivity index (χ1) is 13.4. The minimum absolute atomic E-state index is 0.000375. The maximum absolute atomic E-state index is 12.4. The molecule has 0 spiro atoms. The number of furan rings is 1. The number of carbonyl (C=O) groups excluding carboxylic acids is 1. The Morgan fingerprint density at radius 3 is 2.39 bits per heavy atom. The monoisotopic (exact) mass is 396 g/mol. The Balaban J connectivity index is 1.69. The lowest BCUT2D eigenvalue weighted by molar-refractivity contribution is 0.0925. The number of hydrogen-bond acceptors (Lipinski definition) is 5. The largest absolute Gasteiger partial charge is 0.455 e. The maximum Gasteiger partial charge on any atom is 0.307 e. The second-order valence-electron chi connectivity index (χ2n) is 6.29. The van der Waals surface area contributed by atoms with Gasteiger partial charge in [-0.3, -0.25) is 4.79 Å². The van der Waals surface area contributed by atoms with E-state index in [2.05, 4.69) is 10.5 Å². The normalized spacial score (nSPS) is 12.0. The van der Waals surface area contributed by atoms with Gasteiger partial charge in [0.15, 0.2) is 15.6 Å². The SMILES string of the molecule is C/C(=N/NC(=O)c1ccc(CS(=O)(=O)c2ccccc2)o1)c1ccccc1C. The van der Waals surface area contributed by atoms with E-state index in [1.807, 2.05) is 31.2 Å². The molecule has 144 valence electrons. The Morgan fingerprint density at radius 1 is 1.00 bits per heavy atom. The van der Waals surface area contributed by atoms with E-state index < -0.39 is 15.7 Å². The number of sulfone groups is 1. The third-order valence-corrected chi connectivity index (χ3v) is 5.84. The van der Waals surface area contributed by atoms with Gasteiger partial charge in [0.2, 0.25) is 0 Å². The first kappa shape index (κ1) is 19.6. The van der Waals surface area contributed by atoms with Crippen molar-refractivity contribution in [3.63, 3.8) is 0 Å². The molecule has 28 heavy (non-hydrogen) atoms. The van der Waals surface area contributed by atoms with E-state index in [1.165, 1.54) is 24.3 Å². The van der Waals surface area contributed by atoms with E-state index in [1.54, 1.807) is 25.1 Å². The number of carbonyl (C=O) groups is 1. The highest BCUT2D eigenvalue weighted by Gasteiger charge is 2.19. The van der Waals surface area contributed by atoms with Crippen LogP contribution in [0.2, 0.25) is 0 Å². The highest BCUT2D eigenvalue weighted by Crippen LogP contribution is 2.18. The van der Waals surface area contributed by atoms with Gasteiger partial charge < -0.3 is 4.42 Å². The number of nitrogens with zero attached hydrogens (tertiary/aromatic N) is 1. The molecule has 2 aromatic carbocycles. The summed E-state index contributed by atoms with van der Waals surface area (Å²) in [5.41, 5.74) is 5.07. The third kappa shape index (κ3) is 4.55. The minimum Gasteiger partial charge on any atom is -0.455 e. The van der Waals surface area contributed by atoms with Crippen molar-refractivity contribution in [3.05, 3.63) is 89.4 Å². The van der Waals surface area contributed by atoms with Gasteiger partial charge in [-0.1, -0.05) is 42.5 Å². The van der Waals surface area contributed by atoms with Gasteiger partial charge in [0.1, 0.15) is 11.5 Å². The van der Waals surface area contributed by atoms with E-state index in [0.717, 1.165) is 11.1 Å². The molecule has 0 aliphatic rings. The summed E-state index contributed by atoms with van der Waals surface area (Å²) in [6.07, 6.45) is 0. The van der Waals surface area contributed by atoms with Crippen molar-refractivity contribution >= 4 is 21.5 Å². The molecule has 1 aromatic heterocycles. The molecule has 3 rings (SSSR count). The summed E-state index contributed by atoms with van der Waals surface area (Å²) in [6, 6.07) is 18.7. The van der Waals surface area contributed by atoms with Gasteiger partial charge in [-0.25, -0.2) is 13.8 Å². The molecule has 7 heteroatoms. The molecule has 0 aliphatic carbocycles. The average molecular weight is 396 g/mol. The van der Waals surface area contributed by atoms with Gasteiger partial charge in [0.25, 0.3) is 0 Å². The highest BCUT2D eigenvalue weighted by atomic mass is 32.2. The van der Waals surface area contributed by atoms with E-state index in [-0.39, 0.29) is 22.2 Å². The second kappa shape index (κ2) is 8.22. The lowest BCUT2D eigenvalue weighted by atomic mass is 10.1. The predicted molar refractivity (Wildman–Crippen MR) is 107 cm³/mol. The van der Waals surface area contributed by atoms with Crippen LogP contribution in [0, 0.1) is 6.92 Å². The summed E-state index contributed by atoms with van der Waals surface area (Å²) in [5.74, 6) is -0.681. The van der Waals surface area contributed by atoms with E-state index >= 15 is 0 Å². The van der Waals surface area contributed by atoms with Crippen molar-refractivity contribution in [2.75, 3.05) is 0 Å². The molecule has 0 radical (unpaired) electrons. The van der Waals surface area contributed by atoms with Crippen LogP contribution < -0.4 is 5.43 Å². The van der Waals surface area contributed by atoms with E-state index in [9.17, 15) is 13.2 Å². The van der Waals surface area contributed by atoms with Crippen molar-refractivity contribution in [3.8, 4) is 0 Å². The summed E-state index contributed by atoms with van der Waals surface area (Å²) < 4.78 is 30.2. The van der Waals surface area contributed by atoms with Crippen LogP contribution in [-0.2, 0) is 15.6 Å². The fourth-order valence-electron chi connectivity index (χ4n) is 2.70. The lowest BCUT2D eigenvalue weighted by Crippen LogP contribution is -2.19. The van der Waals surface area contributed by atoms with Crippen LogP contribution in [0.3, 0.4) is 0 Å². The maximum atomic E-state index is 12.4. The second-order valence-corrected chi connectivity index (χ2v) is 8.28. The summed E-state index contributed by atoms with van der Waals surface area (Å²) in [4.78, 5) is 12.5. The van der Waals surface area contributed by atoms with E-state index in [4.69, 9.17) is 4.42 Å². The van der Waals surface area contributed by atoms with Gasteiger partial charge in [-0.15, -0.1) is 0 Å². The molecule has 0 fully saturated rings. The highest BCUT2D eigenvalue weighted by molar-refractivity contribution is 7.90. The van der Waals surface area contributed by atoms with Gasteiger partial charge in [0, 0.05) is 5.56 Å². The summed E-state index contributed by atoms with van der Waals surface area (Å²) in [6.45, 7) is 3.75. The minimum atomic E-state index is -3.55. The van der Waals surface area contributed by atoms with Gasteiger partial charge in [-0.05, 0) is 43.7 Å². The van der Waals surface area contributed by atoms with Crippen molar-refractivity contribution in [2.24, 2.45) is 5.10 Å². The molecule has 0 unspecified atom stereocenters. The quantitative estimate of drug-likeness (QED) is 0.508. The predicted octanol–water partition coefficient (Wildman–Crippen LogP) is 3.72. The third-order valence-electron chi connectivity index (χ3n) is 4.18. The van der Waals surface area contributed by atoms with Crippen molar-refractivity contribution in [1.82, 2.24) is 5.43 Å².